The fourth-order valence-electron chi connectivity index (χ4n) is 8.52. The highest BCUT2D eigenvalue weighted by molar-refractivity contribution is 6.22. The van der Waals surface area contributed by atoms with Crippen molar-refractivity contribution in [3.05, 3.63) is 58.4 Å². The van der Waals surface area contributed by atoms with E-state index in [-0.39, 0.29) is 0 Å². The first kappa shape index (κ1) is 27.9. The SMILES string of the molecule is O=C1C(C2CCCCC2)=CC(=CN=C2C=C(C3CCCCC3)C(=O)C(C3CCCCC3)=C2)C=C1C1CCCCC1. The summed E-state index contributed by atoms with van der Waals surface area (Å²) in [5, 5.41) is 0. The fraction of sp³-hybridized carbons (Fsp3) is 0.649. The Morgan fingerprint density at radius 3 is 1.07 bits per heavy atom. The van der Waals surface area contributed by atoms with Crippen molar-refractivity contribution in [2.24, 2.45) is 28.7 Å². The number of rotatable bonds is 5. The second-order valence-electron chi connectivity index (χ2n) is 13.6. The number of ketones is 2. The summed E-state index contributed by atoms with van der Waals surface area (Å²) in [5.74, 6) is 2.20. The van der Waals surface area contributed by atoms with E-state index in [1.807, 2.05) is 6.20 Å². The van der Waals surface area contributed by atoms with E-state index in [4.69, 9.17) is 4.99 Å². The quantitative estimate of drug-likeness (QED) is 0.327. The van der Waals surface area contributed by atoms with Crippen molar-refractivity contribution in [3.63, 3.8) is 0 Å². The van der Waals surface area contributed by atoms with Gasteiger partial charge in [0.2, 0.25) is 0 Å². The van der Waals surface area contributed by atoms with Gasteiger partial charge in [-0.3, -0.25) is 14.6 Å². The monoisotopic (exact) mass is 539 g/mol. The van der Waals surface area contributed by atoms with Crippen LogP contribution in [0.25, 0.3) is 0 Å². The molecule has 0 aromatic carbocycles. The Kier molecular flexibility index (Phi) is 9.14. The van der Waals surface area contributed by atoms with Crippen molar-refractivity contribution in [1.82, 2.24) is 0 Å². The van der Waals surface area contributed by atoms with Crippen LogP contribution in [-0.2, 0) is 9.59 Å². The molecule has 4 saturated carbocycles. The van der Waals surface area contributed by atoms with E-state index >= 15 is 0 Å². The molecule has 0 aromatic heterocycles. The molecule has 0 amide bonds. The van der Waals surface area contributed by atoms with Crippen LogP contribution < -0.4 is 0 Å². The highest BCUT2D eigenvalue weighted by Gasteiger charge is 2.34. The number of Topliss-reactive ketones (excluding diaryl/α,β-unsaturated/α-hetero) is 2. The molecule has 40 heavy (non-hydrogen) atoms. The van der Waals surface area contributed by atoms with Crippen molar-refractivity contribution < 1.29 is 9.59 Å². The van der Waals surface area contributed by atoms with Gasteiger partial charge in [0, 0.05) is 28.5 Å². The third kappa shape index (κ3) is 6.29. The Labute approximate surface area is 242 Å². The predicted octanol–water partition coefficient (Wildman–Crippen LogP) is 9.50. The zero-order valence-corrected chi connectivity index (χ0v) is 24.6. The molecule has 6 aliphatic carbocycles. The zero-order valence-electron chi connectivity index (χ0n) is 24.6. The van der Waals surface area contributed by atoms with Crippen molar-refractivity contribution in [3.8, 4) is 0 Å². The molecule has 0 saturated heterocycles. The summed E-state index contributed by atoms with van der Waals surface area (Å²) in [4.78, 5) is 32.6. The molecule has 0 radical (unpaired) electrons. The maximum Gasteiger partial charge on any atom is 0.185 e. The number of carbonyl (C=O) groups is 2. The topological polar surface area (TPSA) is 46.5 Å². The molecule has 0 unspecified atom stereocenters. The molecule has 0 spiro atoms. The van der Waals surface area contributed by atoms with Crippen LogP contribution in [0.2, 0.25) is 0 Å². The lowest BCUT2D eigenvalue weighted by Gasteiger charge is -2.31. The maximum atomic E-state index is 13.8. The first-order valence-electron chi connectivity index (χ1n) is 16.9. The molecular weight excluding hydrogens is 490 g/mol. The molecular formula is C37H49NO2. The lowest BCUT2D eigenvalue weighted by Crippen LogP contribution is -2.26. The highest BCUT2D eigenvalue weighted by atomic mass is 16.1. The van der Waals surface area contributed by atoms with Gasteiger partial charge < -0.3 is 0 Å². The van der Waals surface area contributed by atoms with Gasteiger partial charge in [-0.05, 0) is 105 Å². The average molecular weight is 540 g/mol. The normalized spacial score (nSPS) is 26.7. The van der Waals surface area contributed by atoms with Gasteiger partial charge in [-0.25, -0.2) is 0 Å². The lowest BCUT2D eigenvalue weighted by atomic mass is 9.73. The Morgan fingerprint density at radius 2 is 0.750 bits per heavy atom. The van der Waals surface area contributed by atoms with Crippen LogP contribution in [0.4, 0.5) is 0 Å². The van der Waals surface area contributed by atoms with Gasteiger partial charge in [0.1, 0.15) is 0 Å². The second kappa shape index (κ2) is 13.1. The molecule has 0 bridgehead atoms. The number of aliphatic imine (C=N–C) groups is 1. The molecule has 0 N–H and O–H groups in total. The van der Waals surface area contributed by atoms with Gasteiger partial charge >= 0.3 is 0 Å². The van der Waals surface area contributed by atoms with Crippen LogP contribution >= 0.6 is 0 Å². The highest BCUT2D eigenvalue weighted by Crippen LogP contribution is 2.40. The minimum atomic E-state index is 0.313. The fourth-order valence-corrected chi connectivity index (χ4v) is 8.52. The first-order chi connectivity index (χ1) is 19.7. The van der Waals surface area contributed by atoms with Crippen LogP contribution in [0.3, 0.4) is 0 Å². The molecule has 214 valence electrons. The molecule has 6 aliphatic rings. The average Bonchev–Trinajstić information content (AvgIpc) is 3.02. The van der Waals surface area contributed by atoms with Gasteiger partial charge in [-0.2, -0.15) is 0 Å². The Morgan fingerprint density at radius 1 is 0.450 bits per heavy atom. The van der Waals surface area contributed by atoms with Gasteiger partial charge in [-0.15, -0.1) is 0 Å². The minimum absolute atomic E-state index is 0.313. The van der Waals surface area contributed by atoms with Gasteiger partial charge in [-0.1, -0.05) is 77.0 Å². The molecule has 0 atom stereocenters. The van der Waals surface area contributed by atoms with E-state index in [0.29, 0.717) is 35.2 Å². The van der Waals surface area contributed by atoms with E-state index in [9.17, 15) is 9.59 Å². The standard InChI is InChI=1S/C37H49NO2/c39-36-32(27-13-5-1-6-14-27)21-26(22-33(36)28-15-7-2-8-16-28)25-38-31-23-34(29-17-9-3-10-18-29)37(40)35(24-31)30-19-11-4-12-20-30/h21-25,27-30H,1-20H2. The van der Waals surface area contributed by atoms with Crippen molar-refractivity contribution >= 4 is 17.3 Å². The maximum absolute atomic E-state index is 13.8. The number of carbonyl (C=O) groups excluding carboxylic acids is 2. The van der Waals surface area contributed by atoms with Crippen molar-refractivity contribution in [1.29, 1.82) is 0 Å². The van der Waals surface area contributed by atoms with E-state index in [1.165, 1.54) is 77.0 Å². The third-order valence-corrected chi connectivity index (χ3v) is 10.8. The molecule has 0 aromatic rings. The minimum Gasteiger partial charge on any atom is -0.289 e. The summed E-state index contributed by atoms with van der Waals surface area (Å²) < 4.78 is 0. The molecule has 0 aliphatic heterocycles. The summed E-state index contributed by atoms with van der Waals surface area (Å²) in [7, 11) is 0. The molecule has 6 rings (SSSR count). The first-order valence-corrected chi connectivity index (χ1v) is 16.9. The summed E-state index contributed by atoms with van der Waals surface area (Å²) in [6, 6.07) is 0. The zero-order chi connectivity index (χ0) is 27.3. The Balaban J connectivity index is 1.35. The van der Waals surface area contributed by atoms with Crippen LogP contribution in [0.5, 0.6) is 0 Å². The van der Waals surface area contributed by atoms with Crippen LogP contribution in [0.1, 0.15) is 128 Å². The molecule has 0 heterocycles. The predicted molar refractivity (Wildman–Crippen MR) is 164 cm³/mol. The summed E-state index contributed by atoms with van der Waals surface area (Å²) in [6.45, 7) is 0. The number of allylic oxidation sites excluding steroid dienone is 9. The van der Waals surface area contributed by atoms with E-state index < -0.39 is 0 Å². The molecule has 3 heteroatoms. The lowest BCUT2D eigenvalue weighted by molar-refractivity contribution is -0.114. The summed E-state index contributed by atoms with van der Waals surface area (Å²) >= 11 is 0. The van der Waals surface area contributed by atoms with Gasteiger partial charge in [0.05, 0.1) is 5.71 Å². The Bertz CT molecular complexity index is 978. The summed E-state index contributed by atoms with van der Waals surface area (Å²) in [6.07, 6.45) is 34.7. The van der Waals surface area contributed by atoms with Crippen molar-refractivity contribution in [2.45, 2.75) is 128 Å². The largest absolute Gasteiger partial charge is 0.289 e. The second-order valence-corrected chi connectivity index (χ2v) is 13.6. The van der Waals surface area contributed by atoms with Crippen LogP contribution in [-0.4, -0.2) is 17.3 Å². The Hall–Kier alpha value is -2.29. The van der Waals surface area contributed by atoms with Crippen molar-refractivity contribution in [2.75, 3.05) is 0 Å². The smallest absolute Gasteiger partial charge is 0.185 e. The van der Waals surface area contributed by atoms with Gasteiger partial charge in [0.25, 0.3) is 0 Å². The summed E-state index contributed by atoms with van der Waals surface area (Å²) in [5.41, 5.74) is 6.15. The van der Waals surface area contributed by atoms with E-state index in [2.05, 4.69) is 24.3 Å². The third-order valence-electron chi connectivity index (χ3n) is 10.8. The number of hydrogen-bond donors (Lipinski definition) is 0. The number of hydrogen-bond acceptors (Lipinski definition) is 3. The molecule has 3 nitrogen and oxygen atoms in total. The van der Waals surface area contributed by atoms with Crippen LogP contribution in [0, 0.1) is 23.7 Å². The number of nitrogens with zero attached hydrogens (tertiary/aromatic N) is 1. The van der Waals surface area contributed by atoms with E-state index in [0.717, 1.165) is 84.9 Å². The van der Waals surface area contributed by atoms with Gasteiger partial charge in [0.15, 0.2) is 11.6 Å². The van der Waals surface area contributed by atoms with Crippen LogP contribution in [0.15, 0.2) is 63.4 Å². The van der Waals surface area contributed by atoms with E-state index in [1.54, 1.807) is 0 Å². The molecule has 4 fully saturated rings.